The fourth-order valence-corrected chi connectivity index (χ4v) is 3.92. The zero-order valence-corrected chi connectivity index (χ0v) is 17.5. The molecule has 0 saturated heterocycles. The molecule has 0 aliphatic carbocycles. The maximum absolute atomic E-state index is 13.0. The smallest absolute Gasteiger partial charge is 0.346 e. The molecule has 32 heavy (non-hydrogen) atoms. The first-order valence-corrected chi connectivity index (χ1v) is 10.8. The van der Waals surface area contributed by atoms with Crippen LogP contribution >= 0.6 is 0 Å². The van der Waals surface area contributed by atoms with E-state index >= 15 is 0 Å². The summed E-state index contributed by atoms with van der Waals surface area (Å²) in [6.45, 7) is 1.55. The molecular formula is C22H18F4N2O3S. The molecule has 0 unspecified atom stereocenters. The first kappa shape index (κ1) is 23.3. The SMILES string of the molecule is C[C@H](NC(=O)c1ccc(NS(=O)(=O)c2ccc(F)cc2)cc1)c1cccc(C(F)(F)F)c1. The van der Waals surface area contributed by atoms with E-state index < -0.39 is 39.5 Å². The summed E-state index contributed by atoms with van der Waals surface area (Å²) >= 11 is 0. The van der Waals surface area contributed by atoms with Crippen LogP contribution in [0.3, 0.4) is 0 Å². The summed E-state index contributed by atoms with van der Waals surface area (Å²) in [5.41, 5.74) is -0.156. The second-order valence-corrected chi connectivity index (χ2v) is 8.64. The third-order valence-corrected chi connectivity index (χ3v) is 5.98. The Morgan fingerprint density at radius 3 is 2.16 bits per heavy atom. The first-order valence-electron chi connectivity index (χ1n) is 9.32. The van der Waals surface area contributed by atoms with Gasteiger partial charge in [-0.2, -0.15) is 13.2 Å². The van der Waals surface area contributed by atoms with E-state index in [1.54, 1.807) is 6.92 Å². The van der Waals surface area contributed by atoms with Crippen molar-refractivity contribution in [2.75, 3.05) is 4.72 Å². The molecule has 0 saturated carbocycles. The molecule has 10 heteroatoms. The number of benzene rings is 3. The number of alkyl halides is 3. The number of rotatable bonds is 6. The summed E-state index contributed by atoms with van der Waals surface area (Å²) < 4.78 is 78.6. The lowest BCUT2D eigenvalue weighted by atomic mass is 10.0. The Morgan fingerprint density at radius 1 is 0.938 bits per heavy atom. The number of anilines is 1. The van der Waals surface area contributed by atoms with Gasteiger partial charge in [-0.05, 0) is 73.2 Å². The van der Waals surface area contributed by atoms with Gasteiger partial charge in [-0.25, -0.2) is 12.8 Å². The van der Waals surface area contributed by atoms with Crippen molar-refractivity contribution in [3.05, 3.63) is 95.3 Å². The van der Waals surface area contributed by atoms with Gasteiger partial charge in [0, 0.05) is 11.3 Å². The lowest BCUT2D eigenvalue weighted by Gasteiger charge is -2.16. The second-order valence-electron chi connectivity index (χ2n) is 6.96. The molecule has 1 amide bonds. The van der Waals surface area contributed by atoms with Crippen LogP contribution in [-0.2, 0) is 16.2 Å². The molecule has 0 fully saturated rings. The van der Waals surface area contributed by atoms with Crippen molar-refractivity contribution in [2.45, 2.75) is 24.0 Å². The summed E-state index contributed by atoms with van der Waals surface area (Å²) in [5.74, 6) is -1.11. The summed E-state index contributed by atoms with van der Waals surface area (Å²) in [4.78, 5) is 12.3. The number of carbonyl (C=O) groups excluding carboxylic acids is 1. The summed E-state index contributed by atoms with van der Waals surface area (Å²) in [5, 5.41) is 2.61. The molecule has 1 atom stereocenters. The Morgan fingerprint density at radius 2 is 1.56 bits per heavy atom. The van der Waals surface area contributed by atoms with Gasteiger partial charge in [0.25, 0.3) is 15.9 Å². The topological polar surface area (TPSA) is 75.3 Å². The van der Waals surface area contributed by atoms with Crippen LogP contribution in [0.5, 0.6) is 0 Å². The molecule has 3 rings (SSSR count). The minimum atomic E-state index is -4.49. The maximum Gasteiger partial charge on any atom is 0.416 e. The van der Waals surface area contributed by atoms with Crippen LogP contribution < -0.4 is 10.0 Å². The predicted octanol–water partition coefficient (Wildman–Crippen LogP) is 5.14. The van der Waals surface area contributed by atoms with Gasteiger partial charge < -0.3 is 5.32 Å². The Kier molecular flexibility index (Phi) is 6.54. The second kappa shape index (κ2) is 8.99. The van der Waals surface area contributed by atoms with Crippen molar-refractivity contribution in [3.63, 3.8) is 0 Å². The minimum Gasteiger partial charge on any atom is -0.346 e. The molecule has 5 nitrogen and oxygen atoms in total. The highest BCUT2D eigenvalue weighted by Gasteiger charge is 2.30. The molecule has 0 heterocycles. The molecule has 2 N–H and O–H groups in total. The van der Waals surface area contributed by atoms with Crippen molar-refractivity contribution in [1.29, 1.82) is 0 Å². The number of halogens is 4. The van der Waals surface area contributed by atoms with Gasteiger partial charge in [0.1, 0.15) is 5.82 Å². The highest BCUT2D eigenvalue weighted by molar-refractivity contribution is 7.92. The molecule has 168 valence electrons. The fraction of sp³-hybridized carbons (Fsp3) is 0.136. The van der Waals surface area contributed by atoms with Crippen LogP contribution in [-0.4, -0.2) is 14.3 Å². The van der Waals surface area contributed by atoms with E-state index in [4.69, 9.17) is 0 Å². The van der Waals surface area contributed by atoms with Gasteiger partial charge in [-0.1, -0.05) is 12.1 Å². The van der Waals surface area contributed by atoms with Gasteiger partial charge in [0.2, 0.25) is 0 Å². The molecular weight excluding hydrogens is 448 g/mol. The average Bonchev–Trinajstić information content (AvgIpc) is 2.73. The Hall–Kier alpha value is -3.40. The van der Waals surface area contributed by atoms with Crippen LogP contribution in [0.1, 0.15) is 34.5 Å². The van der Waals surface area contributed by atoms with Crippen LogP contribution in [0.15, 0.2) is 77.7 Å². The summed E-state index contributed by atoms with van der Waals surface area (Å²) in [6.07, 6.45) is -4.49. The number of sulfonamides is 1. The lowest BCUT2D eigenvalue weighted by molar-refractivity contribution is -0.137. The summed E-state index contributed by atoms with van der Waals surface area (Å²) in [6, 6.07) is 13.7. The average molecular weight is 466 g/mol. The third-order valence-electron chi connectivity index (χ3n) is 4.58. The van der Waals surface area contributed by atoms with Crippen LogP contribution in [0.4, 0.5) is 23.2 Å². The normalized spacial score (nSPS) is 12.8. The lowest BCUT2D eigenvalue weighted by Crippen LogP contribution is -2.26. The van der Waals surface area contributed by atoms with Crippen molar-refractivity contribution >= 4 is 21.6 Å². The van der Waals surface area contributed by atoms with Gasteiger partial charge in [-0.15, -0.1) is 0 Å². The fourth-order valence-electron chi connectivity index (χ4n) is 2.87. The highest BCUT2D eigenvalue weighted by Crippen LogP contribution is 2.30. The Balaban J connectivity index is 1.68. The van der Waals surface area contributed by atoms with Crippen molar-refractivity contribution in [3.8, 4) is 0 Å². The van der Waals surface area contributed by atoms with E-state index in [9.17, 15) is 30.8 Å². The first-order chi connectivity index (χ1) is 15.0. The number of hydrogen-bond acceptors (Lipinski definition) is 3. The maximum atomic E-state index is 13.0. The van der Waals surface area contributed by atoms with Gasteiger partial charge in [-0.3, -0.25) is 9.52 Å². The van der Waals surface area contributed by atoms with E-state index in [0.29, 0.717) is 0 Å². The van der Waals surface area contributed by atoms with E-state index in [0.717, 1.165) is 36.4 Å². The monoisotopic (exact) mass is 466 g/mol. The van der Waals surface area contributed by atoms with Gasteiger partial charge >= 0.3 is 6.18 Å². The standard InChI is InChI=1S/C22H18F4N2O3S/c1-14(16-3-2-4-17(13-16)22(24,25)26)27-21(29)15-5-9-19(10-6-15)28-32(30,31)20-11-7-18(23)8-12-20/h2-14,28H,1H3,(H,27,29)/t14-/m0/s1. The molecule has 0 radical (unpaired) electrons. The van der Waals surface area contributed by atoms with Gasteiger partial charge in [0.05, 0.1) is 16.5 Å². The Labute approximate surface area is 182 Å². The Bertz CT molecular complexity index is 1210. The van der Waals surface area contributed by atoms with E-state index in [2.05, 4.69) is 10.0 Å². The number of carbonyl (C=O) groups is 1. The number of nitrogens with one attached hydrogen (secondary N) is 2. The molecule has 3 aromatic rings. The molecule has 0 aliphatic heterocycles. The third kappa shape index (κ3) is 5.64. The van der Waals surface area contributed by atoms with Crippen LogP contribution in [0.25, 0.3) is 0 Å². The zero-order valence-electron chi connectivity index (χ0n) is 16.7. The van der Waals surface area contributed by atoms with Crippen molar-refractivity contribution < 1.29 is 30.8 Å². The largest absolute Gasteiger partial charge is 0.416 e. The van der Waals surface area contributed by atoms with E-state index in [1.165, 1.54) is 36.4 Å². The molecule has 0 aromatic heterocycles. The highest BCUT2D eigenvalue weighted by atomic mass is 32.2. The van der Waals surface area contributed by atoms with Crippen LogP contribution in [0.2, 0.25) is 0 Å². The number of amides is 1. The van der Waals surface area contributed by atoms with E-state index in [-0.39, 0.29) is 21.7 Å². The van der Waals surface area contributed by atoms with Crippen molar-refractivity contribution in [1.82, 2.24) is 5.32 Å². The molecule has 0 spiro atoms. The van der Waals surface area contributed by atoms with E-state index in [1.807, 2.05) is 0 Å². The summed E-state index contributed by atoms with van der Waals surface area (Å²) in [7, 11) is -3.94. The number of hydrogen-bond donors (Lipinski definition) is 2. The predicted molar refractivity (Wildman–Crippen MR) is 111 cm³/mol. The quantitative estimate of drug-likeness (QED) is 0.494. The molecule has 0 aliphatic rings. The van der Waals surface area contributed by atoms with Gasteiger partial charge in [0.15, 0.2) is 0 Å². The zero-order chi connectivity index (χ0) is 23.5. The van der Waals surface area contributed by atoms with Crippen molar-refractivity contribution in [2.24, 2.45) is 0 Å². The van der Waals surface area contributed by atoms with Crippen LogP contribution in [0, 0.1) is 5.82 Å². The molecule has 0 bridgehead atoms. The molecule has 3 aromatic carbocycles. The minimum absolute atomic E-state index is 0.129.